The molecule has 1 amide bonds. The van der Waals surface area contributed by atoms with Gasteiger partial charge < -0.3 is 14.5 Å². The lowest BCUT2D eigenvalue weighted by Gasteiger charge is -2.16. The van der Waals surface area contributed by atoms with E-state index in [0.717, 1.165) is 18.2 Å². The summed E-state index contributed by atoms with van der Waals surface area (Å²) in [5, 5.41) is 9.71. The second-order valence-corrected chi connectivity index (χ2v) is 8.98. The van der Waals surface area contributed by atoms with Crippen LogP contribution in [0.25, 0.3) is 6.08 Å². The molecule has 0 saturated carbocycles. The predicted octanol–water partition coefficient (Wildman–Crippen LogP) is 3.18. The first-order valence-corrected chi connectivity index (χ1v) is 11.3. The van der Waals surface area contributed by atoms with Crippen molar-refractivity contribution in [3.8, 4) is 5.75 Å². The molecule has 158 valence electrons. The first-order chi connectivity index (χ1) is 13.7. The second-order valence-electron chi connectivity index (χ2n) is 7.09. The lowest BCUT2D eigenvalue weighted by atomic mass is 10.0. The van der Waals surface area contributed by atoms with Crippen LogP contribution in [0, 0.1) is 5.92 Å². The molecule has 0 aliphatic heterocycles. The number of nitrogens with one attached hydrogen (secondary N) is 1. The first kappa shape index (κ1) is 22.6. The lowest BCUT2D eigenvalue weighted by molar-refractivity contribution is -0.117. The fourth-order valence-electron chi connectivity index (χ4n) is 2.55. The van der Waals surface area contributed by atoms with Crippen molar-refractivity contribution in [3.05, 3.63) is 41.8 Å². The van der Waals surface area contributed by atoms with E-state index in [2.05, 4.69) is 15.5 Å². The van der Waals surface area contributed by atoms with Crippen LogP contribution in [0.2, 0.25) is 0 Å². The van der Waals surface area contributed by atoms with Gasteiger partial charge >= 0.3 is 5.22 Å². The molecule has 1 N–H and O–H groups in total. The zero-order valence-electron chi connectivity index (χ0n) is 17.1. The molecule has 0 aliphatic rings. The van der Waals surface area contributed by atoms with Gasteiger partial charge in [-0.1, -0.05) is 44.1 Å². The van der Waals surface area contributed by atoms with Crippen molar-refractivity contribution in [1.29, 1.82) is 0 Å². The van der Waals surface area contributed by atoms with Crippen LogP contribution in [-0.2, 0) is 14.6 Å². The molecule has 1 heterocycles. The van der Waals surface area contributed by atoms with Gasteiger partial charge in [0.25, 0.3) is 0 Å². The summed E-state index contributed by atoms with van der Waals surface area (Å²) in [7, 11) is -3.61. The largest absolute Gasteiger partial charge is 0.493 e. The van der Waals surface area contributed by atoms with E-state index < -0.39 is 21.1 Å². The number of rotatable bonds is 10. The molecule has 8 nitrogen and oxygen atoms in total. The molecule has 0 aliphatic carbocycles. The summed E-state index contributed by atoms with van der Waals surface area (Å²) >= 11 is 0. The lowest BCUT2D eigenvalue weighted by Crippen LogP contribution is -2.28. The van der Waals surface area contributed by atoms with E-state index in [0.29, 0.717) is 18.8 Å². The van der Waals surface area contributed by atoms with Crippen molar-refractivity contribution < 1.29 is 22.4 Å². The Morgan fingerprint density at radius 2 is 2.00 bits per heavy atom. The minimum absolute atomic E-state index is 0.0626. The van der Waals surface area contributed by atoms with E-state index in [4.69, 9.17) is 9.15 Å². The van der Waals surface area contributed by atoms with Crippen LogP contribution in [0.4, 0.5) is 0 Å². The van der Waals surface area contributed by atoms with Gasteiger partial charge in [-0.3, -0.25) is 4.79 Å². The smallest absolute Gasteiger partial charge is 0.335 e. The predicted molar refractivity (Wildman–Crippen MR) is 109 cm³/mol. The maximum atomic E-state index is 12.5. The molecule has 2 rings (SSSR count). The standard InChI is InChI=1S/C20H27N3O5S/c1-5-12-27-17-9-7-6-8-15(17)10-11-18(24)21-16(13-14(2)3)19-22-23-20(28-19)29(4,25)26/h6-11,14,16H,5,12-13H2,1-4H3,(H,21,24)/b11-10+/t16-/m0/s1. The third-order valence-electron chi connectivity index (χ3n) is 3.86. The van der Waals surface area contributed by atoms with E-state index >= 15 is 0 Å². The fourth-order valence-corrected chi connectivity index (χ4v) is 2.98. The summed E-state index contributed by atoms with van der Waals surface area (Å²) in [6.07, 6.45) is 5.45. The molecule has 1 aromatic heterocycles. The third-order valence-corrected chi connectivity index (χ3v) is 4.66. The van der Waals surface area contributed by atoms with E-state index in [9.17, 15) is 13.2 Å². The van der Waals surface area contributed by atoms with Crippen molar-refractivity contribution >= 4 is 21.8 Å². The Balaban J connectivity index is 2.14. The summed E-state index contributed by atoms with van der Waals surface area (Å²) in [6.45, 7) is 6.56. The molecule has 0 saturated heterocycles. The summed E-state index contributed by atoms with van der Waals surface area (Å²) in [4.78, 5) is 12.5. The molecule has 0 fully saturated rings. The Bertz CT molecular complexity index is 951. The highest BCUT2D eigenvalue weighted by Crippen LogP contribution is 2.22. The number of carbonyl (C=O) groups excluding carboxylic acids is 1. The molecule has 1 atom stereocenters. The fraction of sp³-hybridized carbons (Fsp3) is 0.450. The molecule has 0 unspecified atom stereocenters. The normalized spacial score (nSPS) is 13.0. The Labute approximate surface area is 171 Å². The van der Waals surface area contributed by atoms with E-state index in [1.54, 1.807) is 6.08 Å². The average molecular weight is 422 g/mol. The topological polar surface area (TPSA) is 111 Å². The molecule has 29 heavy (non-hydrogen) atoms. The molecule has 1 aromatic carbocycles. The van der Waals surface area contributed by atoms with Crippen LogP contribution >= 0.6 is 0 Å². The van der Waals surface area contributed by atoms with Gasteiger partial charge in [0.15, 0.2) is 0 Å². The number of sulfone groups is 1. The maximum Gasteiger partial charge on any atom is 0.335 e. The van der Waals surface area contributed by atoms with Gasteiger partial charge in [-0.25, -0.2) is 8.42 Å². The van der Waals surface area contributed by atoms with Crippen LogP contribution in [0.3, 0.4) is 0 Å². The van der Waals surface area contributed by atoms with Gasteiger partial charge in [0.1, 0.15) is 11.8 Å². The monoisotopic (exact) mass is 421 g/mol. The highest BCUT2D eigenvalue weighted by atomic mass is 32.2. The Morgan fingerprint density at radius 3 is 2.62 bits per heavy atom. The number of carbonyl (C=O) groups is 1. The third kappa shape index (κ3) is 7.01. The van der Waals surface area contributed by atoms with Crippen molar-refractivity contribution in [2.75, 3.05) is 12.9 Å². The Hall–Kier alpha value is -2.68. The Morgan fingerprint density at radius 1 is 1.28 bits per heavy atom. The minimum atomic E-state index is -3.61. The Kier molecular flexibility index (Phi) is 7.95. The van der Waals surface area contributed by atoms with Crippen molar-refractivity contribution in [2.45, 2.75) is 44.9 Å². The summed E-state index contributed by atoms with van der Waals surface area (Å²) in [5.74, 6) is 0.612. The molecule has 0 bridgehead atoms. The second kappa shape index (κ2) is 10.2. The zero-order chi connectivity index (χ0) is 21.4. The van der Waals surface area contributed by atoms with Crippen LogP contribution in [0.1, 0.15) is 51.1 Å². The summed E-state index contributed by atoms with van der Waals surface area (Å²) < 4.78 is 34.1. The van der Waals surface area contributed by atoms with Crippen molar-refractivity contribution in [3.63, 3.8) is 0 Å². The van der Waals surface area contributed by atoms with Gasteiger partial charge in [-0.05, 0) is 30.9 Å². The molecular weight excluding hydrogens is 394 g/mol. The highest BCUT2D eigenvalue weighted by molar-refractivity contribution is 7.90. The van der Waals surface area contributed by atoms with Gasteiger partial charge in [-0.2, -0.15) is 0 Å². The van der Waals surface area contributed by atoms with Crippen LogP contribution in [0.5, 0.6) is 5.75 Å². The van der Waals surface area contributed by atoms with Crippen molar-refractivity contribution in [1.82, 2.24) is 15.5 Å². The average Bonchev–Trinajstić information content (AvgIpc) is 3.15. The molecule has 2 aromatic rings. The van der Waals surface area contributed by atoms with E-state index in [-0.39, 0.29) is 17.7 Å². The number of benzene rings is 1. The molecular formula is C20H27N3O5S. The van der Waals surface area contributed by atoms with Gasteiger partial charge in [-0.15, -0.1) is 5.10 Å². The van der Waals surface area contributed by atoms with Gasteiger partial charge in [0, 0.05) is 17.9 Å². The quantitative estimate of drug-likeness (QED) is 0.586. The SMILES string of the molecule is CCCOc1ccccc1/C=C/C(=O)N[C@@H](CC(C)C)c1nnc(S(C)(=O)=O)o1. The van der Waals surface area contributed by atoms with E-state index in [1.165, 1.54) is 6.08 Å². The van der Waals surface area contributed by atoms with Crippen molar-refractivity contribution in [2.24, 2.45) is 5.92 Å². The molecule has 0 spiro atoms. The number of hydrogen-bond acceptors (Lipinski definition) is 7. The number of hydrogen-bond donors (Lipinski definition) is 1. The maximum absolute atomic E-state index is 12.5. The highest BCUT2D eigenvalue weighted by Gasteiger charge is 2.24. The molecule has 9 heteroatoms. The number of ether oxygens (including phenoxy) is 1. The van der Waals surface area contributed by atoms with Crippen LogP contribution in [-0.4, -0.2) is 37.4 Å². The number of para-hydroxylation sites is 1. The minimum Gasteiger partial charge on any atom is -0.493 e. The van der Waals surface area contributed by atoms with Gasteiger partial charge in [0.05, 0.1) is 6.61 Å². The van der Waals surface area contributed by atoms with Crippen LogP contribution < -0.4 is 10.1 Å². The summed E-state index contributed by atoms with van der Waals surface area (Å²) in [6, 6.07) is 6.84. The number of amides is 1. The van der Waals surface area contributed by atoms with Crippen LogP contribution in [0.15, 0.2) is 40.0 Å². The summed E-state index contributed by atoms with van der Waals surface area (Å²) in [5.41, 5.74) is 0.786. The molecule has 0 radical (unpaired) electrons. The van der Waals surface area contributed by atoms with Gasteiger partial charge in [0.2, 0.25) is 21.6 Å². The number of aromatic nitrogens is 2. The first-order valence-electron chi connectivity index (χ1n) is 9.44. The number of nitrogens with zero attached hydrogens (tertiary/aromatic N) is 2. The van der Waals surface area contributed by atoms with E-state index in [1.807, 2.05) is 45.0 Å². The zero-order valence-corrected chi connectivity index (χ0v) is 17.9.